The maximum Gasteiger partial charge on any atom is 0.106 e. The first-order chi connectivity index (χ1) is 6.49. The van der Waals surface area contributed by atoms with Gasteiger partial charge in [0.15, 0.2) is 0 Å². The van der Waals surface area contributed by atoms with Gasteiger partial charge in [0, 0.05) is 31.1 Å². The van der Waals surface area contributed by atoms with Crippen LogP contribution in [-0.4, -0.2) is 42.9 Å². The fraction of sp³-hybridized carbons (Fsp3) is 0.900. The summed E-state index contributed by atoms with van der Waals surface area (Å²) in [5.74, 6) is 0.356. The Hall–Kier alpha value is -0.610. The average molecular weight is 199 g/mol. The number of hydrogen-bond acceptors (Lipinski definition) is 4. The maximum absolute atomic E-state index is 5.70. The summed E-state index contributed by atoms with van der Waals surface area (Å²) in [6.07, 6.45) is 0. The number of rotatable bonds is 2. The minimum atomic E-state index is 0.179. The fourth-order valence-corrected chi connectivity index (χ4v) is 1.70. The van der Waals surface area contributed by atoms with Gasteiger partial charge in [-0.2, -0.15) is 0 Å². The number of hydrogen-bond donors (Lipinski definition) is 1. The minimum absolute atomic E-state index is 0.179. The second kappa shape index (κ2) is 4.28. The quantitative estimate of drug-likeness (QED) is 0.665. The molecule has 1 aliphatic rings. The fourth-order valence-electron chi connectivity index (χ4n) is 1.70. The summed E-state index contributed by atoms with van der Waals surface area (Å²) in [5.41, 5.74) is 6.95. The van der Waals surface area contributed by atoms with E-state index in [0.717, 1.165) is 18.8 Å². The van der Waals surface area contributed by atoms with E-state index in [1.54, 1.807) is 7.11 Å². The zero-order chi connectivity index (χ0) is 10.8. The van der Waals surface area contributed by atoms with Crippen molar-refractivity contribution in [2.75, 3.05) is 26.7 Å². The van der Waals surface area contributed by atoms with Crippen molar-refractivity contribution in [3.63, 3.8) is 0 Å². The van der Waals surface area contributed by atoms with Gasteiger partial charge in [-0.25, -0.2) is 0 Å². The summed E-state index contributed by atoms with van der Waals surface area (Å²) in [6.45, 7) is 9.12. The van der Waals surface area contributed by atoms with Gasteiger partial charge >= 0.3 is 0 Å². The van der Waals surface area contributed by atoms with Gasteiger partial charge in [-0.3, -0.25) is 4.90 Å². The topological polar surface area (TPSA) is 50.8 Å². The highest BCUT2D eigenvalue weighted by molar-refractivity contribution is 5.90. The molecule has 1 heterocycles. The van der Waals surface area contributed by atoms with E-state index in [2.05, 4.69) is 30.8 Å². The first kappa shape index (κ1) is 11.5. The van der Waals surface area contributed by atoms with Crippen molar-refractivity contribution in [2.24, 2.45) is 16.8 Å². The molecule has 0 aromatic rings. The van der Waals surface area contributed by atoms with Gasteiger partial charge in [0.05, 0.1) is 5.71 Å². The van der Waals surface area contributed by atoms with Crippen molar-refractivity contribution in [3.8, 4) is 0 Å². The summed E-state index contributed by atoms with van der Waals surface area (Å²) >= 11 is 0. The van der Waals surface area contributed by atoms with Crippen LogP contribution < -0.4 is 5.73 Å². The lowest BCUT2D eigenvalue weighted by atomic mass is 10.1. The van der Waals surface area contributed by atoms with E-state index in [1.807, 2.05) is 0 Å². The standard InChI is InChI=1S/C10H21N3O/c1-10(2,3)13-6-8(5-11)9(7-13)12-14-4/h8H,5-7,11H2,1-4H3/b12-9-. The zero-order valence-electron chi connectivity index (χ0n) is 9.58. The minimum Gasteiger partial charge on any atom is -0.399 e. The molecule has 1 fully saturated rings. The first-order valence-electron chi connectivity index (χ1n) is 5.04. The van der Waals surface area contributed by atoms with Crippen LogP contribution in [0.3, 0.4) is 0 Å². The van der Waals surface area contributed by atoms with Crippen molar-refractivity contribution in [1.29, 1.82) is 0 Å². The Labute approximate surface area is 86.1 Å². The highest BCUT2D eigenvalue weighted by Crippen LogP contribution is 2.22. The smallest absolute Gasteiger partial charge is 0.106 e. The van der Waals surface area contributed by atoms with E-state index < -0.39 is 0 Å². The van der Waals surface area contributed by atoms with Crippen molar-refractivity contribution in [2.45, 2.75) is 26.3 Å². The Balaban J connectivity index is 2.70. The molecule has 0 aromatic heterocycles. The molecule has 1 rings (SSSR count). The predicted octanol–water partition coefficient (Wildman–Crippen LogP) is 0.678. The molecule has 82 valence electrons. The molecular formula is C10H21N3O. The van der Waals surface area contributed by atoms with Crippen LogP contribution in [0.4, 0.5) is 0 Å². The predicted molar refractivity (Wildman–Crippen MR) is 58.3 cm³/mol. The number of nitrogens with zero attached hydrogens (tertiary/aromatic N) is 2. The Kier molecular flexibility index (Phi) is 3.50. The molecule has 14 heavy (non-hydrogen) atoms. The van der Waals surface area contributed by atoms with Gasteiger partial charge in [0.25, 0.3) is 0 Å². The molecule has 0 aliphatic carbocycles. The Morgan fingerprint density at radius 2 is 2.21 bits per heavy atom. The third-order valence-corrected chi connectivity index (χ3v) is 2.71. The van der Waals surface area contributed by atoms with E-state index in [1.165, 1.54) is 0 Å². The second-order valence-corrected chi connectivity index (χ2v) is 4.75. The number of likely N-dealkylation sites (tertiary alicyclic amines) is 1. The summed E-state index contributed by atoms with van der Waals surface area (Å²) in [4.78, 5) is 7.20. The van der Waals surface area contributed by atoms with Crippen molar-refractivity contribution in [3.05, 3.63) is 0 Å². The van der Waals surface area contributed by atoms with E-state index in [9.17, 15) is 0 Å². The summed E-state index contributed by atoms with van der Waals surface area (Å²) in [6, 6.07) is 0. The van der Waals surface area contributed by atoms with E-state index in [-0.39, 0.29) is 5.54 Å². The molecule has 0 spiro atoms. The highest BCUT2D eigenvalue weighted by atomic mass is 16.6. The normalized spacial score (nSPS) is 27.2. The van der Waals surface area contributed by atoms with Crippen molar-refractivity contribution in [1.82, 2.24) is 4.90 Å². The van der Waals surface area contributed by atoms with Crippen molar-refractivity contribution >= 4 is 5.71 Å². The van der Waals surface area contributed by atoms with Crippen LogP contribution in [0, 0.1) is 5.92 Å². The lowest BCUT2D eigenvalue weighted by Crippen LogP contribution is -2.40. The maximum atomic E-state index is 5.70. The van der Waals surface area contributed by atoms with Gasteiger partial charge in [-0.15, -0.1) is 0 Å². The SMILES string of the molecule is CO/N=C1/CN(C(C)(C)C)CC1CN. The third kappa shape index (κ3) is 2.45. The van der Waals surface area contributed by atoms with Gasteiger partial charge < -0.3 is 10.6 Å². The lowest BCUT2D eigenvalue weighted by molar-refractivity contribution is 0.171. The van der Waals surface area contributed by atoms with Crippen LogP contribution in [0.2, 0.25) is 0 Å². The van der Waals surface area contributed by atoms with Crippen LogP contribution >= 0.6 is 0 Å². The molecule has 0 bridgehead atoms. The second-order valence-electron chi connectivity index (χ2n) is 4.75. The van der Waals surface area contributed by atoms with Gasteiger partial charge in [0.1, 0.15) is 7.11 Å². The van der Waals surface area contributed by atoms with Crippen molar-refractivity contribution < 1.29 is 4.84 Å². The summed E-state index contributed by atoms with van der Waals surface area (Å²) < 4.78 is 0. The average Bonchev–Trinajstić information content (AvgIpc) is 2.47. The van der Waals surface area contributed by atoms with Gasteiger partial charge in [-0.1, -0.05) is 5.16 Å². The molecular weight excluding hydrogens is 178 g/mol. The first-order valence-corrected chi connectivity index (χ1v) is 5.04. The number of nitrogens with two attached hydrogens (primary N) is 1. The Morgan fingerprint density at radius 3 is 2.64 bits per heavy atom. The van der Waals surface area contributed by atoms with Crippen LogP contribution in [0.25, 0.3) is 0 Å². The Bertz CT molecular complexity index is 220. The molecule has 1 aliphatic heterocycles. The zero-order valence-corrected chi connectivity index (χ0v) is 9.58. The highest BCUT2D eigenvalue weighted by Gasteiger charge is 2.34. The molecule has 4 heteroatoms. The van der Waals surface area contributed by atoms with E-state index in [0.29, 0.717) is 12.5 Å². The molecule has 1 unspecified atom stereocenters. The third-order valence-electron chi connectivity index (χ3n) is 2.71. The molecule has 2 N–H and O–H groups in total. The molecule has 1 saturated heterocycles. The summed E-state index contributed by atoms with van der Waals surface area (Å²) in [5, 5.41) is 4.03. The van der Waals surface area contributed by atoms with E-state index >= 15 is 0 Å². The van der Waals surface area contributed by atoms with Crippen LogP contribution in [0.1, 0.15) is 20.8 Å². The number of oxime groups is 1. The van der Waals surface area contributed by atoms with E-state index in [4.69, 9.17) is 10.6 Å². The molecule has 0 saturated carbocycles. The molecule has 0 radical (unpaired) electrons. The van der Waals surface area contributed by atoms with Crippen LogP contribution in [0.15, 0.2) is 5.16 Å². The molecule has 0 aromatic carbocycles. The largest absolute Gasteiger partial charge is 0.399 e. The van der Waals surface area contributed by atoms with Gasteiger partial charge in [0.2, 0.25) is 0 Å². The molecule has 1 atom stereocenters. The Morgan fingerprint density at radius 1 is 1.57 bits per heavy atom. The molecule has 0 amide bonds. The summed E-state index contributed by atoms with van der Waals surface area (Å²) in [7, 11) is 1.58. The lowest BCUT2D eigenvalue weighted by Gasteiger charge is -2.31. The monoisotopic (exact) mass is 199 g/mol. The molecule has 4 nitrogen and oxygen atoms in total. The van der Waals surface area contributed by atoms with Crippen LogP contribution in [-0.2, 0) is 4.84 Å². The van der Waals surface area contributed by atoms with Gasteiger partial charge in [-0.05, 0) is 20.8 Å². The van der Waals surface area contributed by atoms with Crippen LogP contribution in [0.5, 0.6) is 0 Å².